The highest BCUT2D eigenvalue weighted by Gasteiger charge is 2.45. The van der Waals surface area contributed by atoms with E-state index in [2.05, 4.69) is 5.32 Å². The number of hydrogen-bond acceptors (Lipinski definition) is 4. The Labute approximate surface area is 64.5 Å². The van der Waals surface area contributed by atoms with E-state index in [0.29, 0.717) is 13.2 Å². The van der Waals surface area contributed by atoms with Crippen LogP contribution in [0.5, 0.6) is 0 Å². The van der Waals surface area contributed by atoms with Crippen molar-refractivity contribution in [2.75, 3.05) is 13.2 Å². The summed E-state index contributed by atoms with van der Waals surface area (Å²) in [4.78, 5) is 10.5. The molecular formula is C7H11NO3. The predicted molar refractivity (Wildman–Crippen MR) is 36.8 cm³/mol. The molecule has 2 aliphatic rings. The van der Waals surface area contributed by atoms with E-state index >= 15 is 0 Å². The Bertz CT molecular complexity index is 173. The van der Waals surface area contributed by atoms with Gasteiger partial charge in [-0.25, -0.2) is 0 Å². The number of hydrogen-bond donors (Lipinski definition) is 2. The van der Waals surface area contributed by atoms with Gasteiger partial charge in [0.05, 0.1) is 19.3 Å². The summed E-state index contributed by atoms with van der Waals surface area (Å²) in [6.45, 7) is 1.17. The maximum absolute atomic E-state index is 10.5. The molecule has 1 unspecified atom stereocenters. The first-order valence-corrected chi connectivity index (χ1v) is 3.80. The van der Waals surface area contributed by atoms with Gasteiger partial charge in [0.2, 0.25) is 0 Å². The third kappa shape index (κ3) is 0.982. The molecule has 0 amide bonds. The maximum Gasteiger partial charge on any atom is 0.137 e. The summed E-state index contributed by atoms with van der Waals surface area (Å²) in [6.07, 6.45) is 0.292. The molecule has 2 aliphatic heterocycles. The van der Waals surface area contributed by atoms with Gasteiger partial charge in [-0.15, -0.1) is 0 Å². The highest BCUT2D eigenvalue weighted by Crippen LogP contribution is 2.30. The van der Waals surface area contributed by atoms with Gasteiger partial charge in [-0.3, -0.25) is 5.32 Å². The molecule has 2 heterocycles. The van der Waals surface area contributed by atoms with Gasteiger partial charge in [0.1, 0.15) is 12.5 Å². The first-order chi connectivity index (χ1) is 5.33. The molecular weight excluding hydrogens is 146 g/mol. The van der Waals surface area contributed by atoms with Gasteiger partial charge in [0.25, 0.3) is 0 Å². The van der Waals surface area contributed by atoms with Gasteiger partial charge in [-0.1, -0.05) is 0 Å². The third-order valence-corrected chi connectivity index (χ3v) is 2.55. The highest BCUT2D eigenvalue weighted by atomic mass is 16.5. The minimum Gasteiger partial charge on any atom is -0.381 e. The van der Waals surface area contributed by atoms with E-state index in [4.69, 9.17) is 4.74 Å². The summed E-state index contributed by atoms with van der Waals surface area (Å²) in [5.41, 5.74) is 0. The number of aliphatic hydroxyl groups is 1. The van der Waals surface area contributed by atoms with E-state index in [1.54, 1.807) is 0 Å². The second kappa shape index (κ2) is 2.55. The van der Waals surface area contributed by atoms with E-state index in [1.165, 1.54) is 0 Å². The largest absolute Gasteiger partial charge is 0.381 e. The molecule has 2 fully saturated rings. The Hall–Kier alpha value is -0.450. The van der Waals surface area contributed by atoms with Crippen molar-refractivity contribution >= 4 is 6.29 Å². The summed E-state index contributed by atoms with van der Waals surface area (Å²) in [5.74, 6) is 0.299. The molecule has 4 nitrogen and oxygen atoms in total. The van der Waals surface area contributed by atoms with Crippen LogP contribution in [0.1, 0.15) is 0 Å². The summed E-state index contributed by atoms with van der Waals surface area (Å²) in [7, 11) is 0. The average Bonchev–Trinajstić information content (AvgIpc) is 2.54. The van der Waals surface area contributed by atoms with E-state index in [1.807, 2.05) is 0 Å². The second-order valence-electron chi connectivity index (χ2n) is 3.14. The Morgan fingerprint density at radius 1 is 1.45 bits per heavy atom. The van der Waals surface area contributed by atoms with E-state index in [9.17, 15) is 9.90 Å². The van der Waals surface area contributed by atoms with Crippen molar-refractivity contribution in [1.29, 1.82) is 0 Å². The third-order valence-electron chi connectivity index (χ3n) is 2.55. The maximum atomic E-state index is 10.5. The Morgan fingerprint density at radius 2 is 2.18 bits per heavy atom. The zero-order chi connectivity index (χ0) is 7.84. The number of carbonyl (C=O) groups is 1. The fraction of sp³-hybridized carbons (Fsp3) is 0.857. The number of nitrogens with one attached hydrogen (secondary N) is 1. The number of fused-ring (bicyclic) bond motifs is 1. The van der Waals surface area contributed by atoms with Crippen LogP contribution >= 0.6 is 0 Å². The van der Waals surface area contributed by atoms with Crippen molar-refractivity contribution in [3.63, 3.8) is 0 Å². The van der Waals surface area contributed by atoms with Crippen LogP contribution in [-0.2, 0) is 9.53 Å². The van der Waals surface area contributed by atoms with Crippen LogP contribution in [0.4, 0.5) is 0 Å². The van der Waals surface area contributed by atoms with Crippen LogP contribution in [0.15, 0.2) is 0 Å². The molecule has 2 saturated heterocycles. The number of rotatable bonds is 1. The minimum absolute atomic E-state index is 0.116. The number of ether oxygens (including phenoxy) is 1. The molecule has 2 N–H and O–H groups in total. The summed E-state index contributed by atoms with van der Waals surface area (Å²) in [5, 5.41) is 12.2. The van der Waals surface area contributed by atoms with Crippen LogP contribution in [-0.4, -0.2) is 36.9 Å². The SMILES string of the molecule is O=C[C@H]1NC(O)[C@@H]2COC[C@H]12. The van der Waals surface area contributed by atoms with Crippen molar-refractivity contribution in [3.8, 4) is 0 Å². The topological polar surface area (TPSA) is 58.6 Å². The van der Waals surface area contributed by atoms with E-state index in [0.717, 1.165) is 6.29 Å². The Balaban J connectivity index is 2.13. The summed E-state index contributed by atoms with van der Waals surface area (Å²) < 4.78 is 5.16. The van der Waals surface area contributed by atoms with Gasteiger partial charge in [0.15, 0.2) is 0 Å². The molecule has 11 heavy (non-hydrogen) atoms. The zero-order valence-electron chi connectivity index (χ0n) is 6.06. The van der Waals surface area contributed by atoms with Gasteiger partial charge in [-0.2, -0.15) is 0 Å². The normalized spacial score (nSPS) is 49.2. The Kier molecular flexibility index (Phi) is 1.67. The summed E-state index contributed by atoms with van der Waals surface area (Å²) in [6, 6.07) is -0.211. The monoisotopic (exact) mass is 157 g/mol. The molecule has 0 bridgehead atoms. The fourth-order valence-electron chi connectivity index (χ4n) is 1.87. The van der Waals surface area contributed by atoms with Crippen molar-refractivity contribution < 1.29 is 14.6 Å². The molecule has 2 rings (SSSR count). The molecule has 0 aromatic carbocycles. The average molecular weight is 157 g/mol. The lowest BCUT2D eigenvalue weighted by Gasteiger charge is -2.07. The van der Waals surface area contributed by atoms with Gasteiger partial charge in [-0.05, 0) is 0 Å². The minimum atomic E-state index is -0.558. The van der Waals surface area contributed by atoms with Crippen LogP contribution < -0.4 is 5.32 Å². The van der Waals surface area contributed by atoms with Crippen molar-refractivity contribution in [2.24, 2.45) is 11.8 Å². The number of aliphatic hydroxyl groups excluding tert-OH is 1. The Morgan fingerprint density at radius 3 is 2.91 bits per heavy atom. The molecule has 0 aliphatic carbocycles. The number of carbonyl (C=O) groups excluding carboxylic acids is 1. The first kappa shape index (κ1) is 7.21. The lowest BCUT2D eigenvalue weighted by molar-refractivity contribution is -0.110. The summed E-state index contributed by atoms with van der Waals surface area (Å²) >= 11 is 0. The molecule has 4 atom stereocenters. The molecule has 0 radical (unpaired) electrons. The van der Waals surface area contributed by atoms with E-state index in [-0.39, 0.29) is 17.9 Å². The zero-order valence-corrected chi connectivity index (χ0v) is 6.06. The fourth-order valence-corrected chi connectivity index (χ4v) is 1.87. The molecule has 0 aromatic rings. The second-order valence-corrected chi connectivity index (χ2v) is 3.14. The van der Waals surface area contributed by atoms with E-state index < -0.39 is 6.23 Å². The lowest BCUT2D eigenvalue weighted by Crippen LogP contribution is -2.34. The quantitative estimate of drug-likeness (QED) is 0.466. The standard InChI is InChI=1S/C7H11NO3/c9-1-6-4-2-11-3-5(4)7(10)8-6/h1,4-8,10H,2-3H2/t4-,5+,6+,7?/m0/s1. The lowest BCUT2D eigenvalue weighted by atomic mass is 9.94. The van der Waals surface area contributed by atoms with Crippen LogP contribution in [0.25, 0.3) is 0 Å². The van der Waals surface area contributed by atoms with Crippen LogP contribution in [0, 0.1) is 11.8 Å². The van der Waals surface area contributed by atoms with Crippen molar-refractivity contribution in [2.45, 2.75) is 12.3 Å². The van der Waals surface area contributed by atoms with Gasteiger partial charge >= 0.3 is 0 Å². The number of aldehydes is 1. The van der Waals surface area contributed by atoms with Gasteiger partial charge < -0.3 is 14.6 Å². The first-order valence-electron chi connectivity index (χ1n) is 3.80. The molecule has 0 saturated carbocycles. The molecule has 0 spiro atoms. The van der Waals surface area contributed by atoms with Crippen molar-refractivity contribution in [3.05, 3.63) is 0 Å². The highest BCUT2D eigenvalue weighted by molar-refractivity contribution is 5.59. The smallest absolute Gasteiger partial charge is 0.137 e. The predicted octanol–water partition coefficient (Wildman–Crippen LogP) is -1.26. The van der Waals surface area contributed by atoms with Crippen LogP contribution in [0.2, 0.25) is 0 Å². The molecule has 4 heteroatoms. The molecule has 0 aromatic heterocycles. The molecule has 62 valence electrons. The van der Waals surface area contributed by atoms with Gasteiger partial charge in [0, 0.05) is 11.8 Å². The van der Waals surface area contributed by atoms with Crippen LogP contribution in [0.3, 0.4) is 0 Å². The van der Waals surface area contributed by atoms with Crippen molar-refractivity contribution in [1.82, 2.24) is 5.32 Å².